The standard InChI is InChI=1S/C15H8ClF5N2O/c16-8-1-7(5-22)2-9(3-8)23-6-10(15(19,20)21)12-11(23)4-14(17,18)13(12)24/h1-3,6,13,24H,4H2. The number of aliphatic hydroxyl groups is 1. The van der Waals surface area contributed by atoms with E-state index < -0.39 is 35.8 Å². The van der Waals surface area contributed by atoms with E-state index in [0.29, 0.717) is 6.20 Å². The van der Waals surface area contributed by atoms with Gasteiger partial charge in [0.25, 0.3) is 5.92 Å². The molecule has 126 valence electrons. The highest BCUT2D eigenvalue weighted by atomic mass is 35.5. The van der Waals surface area contributed by atoms with E-state index in [9.17, 15) is 27.1 Å². The van der Waals surface area contributed by atoms with Gasteiger partial charge in [-0.15, -0.1) is 0 Å². The fourth-order valence-corrected chi connectivity index (χ4v) is 3.04. The Morgan fingerprint density at radius 2 is 1.96 bits per heavy atom. The Morgan fingerprint density at radius 1 is 1.29 bits per heavy atom. The maximum Gasteiger partial charge on any atom is 0.418 e. The summed E-state index contributed by atoms with van der Waals surface area (Å²) < 4.78 is 67.9. The molecule has 1 heterocycles. The van der Waals surface area contributed by atoms with Crippen molar-refractivity contribution in [3.8, 4) is 11.8 Å². The van der Waals surface area contributed by atoms with E-state index in [2.05, 4.69) is 0 Å². The second-order valence-corrected chi connectivity index (χ2v) is 5.86. The number of hydrogen-bond donors (Lipinski definition) is 1. The molecular formula is C15H8ClF5N2O. The van der Waals surface area contributed by atoms with Crippen LogP contribution in [-0.2, 0) is 12.6 Å². The molecule has 0 radical (unpaired) electrons. The third-order valence-corrected chi connectivity index (χ3v) is 4.04. The maximum atomic E-state index is 13.7. The van der Waals surface area contributed by atoms with Crippen molar-refractivity contribution in [2.75, 3.05) is 0 Å². The van der Waals surface area contributed by atoms with Gasteiger partial charge in [-0.05, 0) is 18.2 Å². The highest BCUT2D eigenvalue weighted by molar-refractivity contribution is 6.30. The highest BCUT2D eigenvalue weighted by Gasteiger charge is 2.53. The Bertz CT molecular complexity index is 866. The van der Waals surface area contributed by atoms with E-state index in [-0.39, 0.29) is 22.0 Å². The Kier molecular flexibility index (Phi) is 3.62. The molecule has 0 fully saturated rings. The Labute approximate surface area is 137 Å². The van der Waals surface area contributed by atoms with Gasteiger partial charge in [-0.3, -0.25) is 0 Å². The summed E-state index contributed by atoms with van der Waals surface area (Å²) in [7, 11) is 0. The quantitative estimate of drug-likeness (QED) is 0.771. The number of aromatic nitrogens is 1. The molecule has 0 spiro atoms. The first-order chi connectivity index (χ1) is 11.0. The molecule has 1 N–H and O–H groups in total. The predicted octanol–water partition coefficient (Wildman–Crippen LogP) is 4.25. The van der Waals surface area contributed by atoms with E-state index in [1.165, 1.54) is 18.2 Å². The van der Waals surface area contributed by atoms with E-state index in [4.69, 9.17) is 16.9 Å². The van der Waals surface area contributed by atoms with Gasteiger partial charge >= 0.3 is 6.18 Å². The zero-order valence-corrected chi connectivity index (χ0v) is 12.5. The molecule has 24 heavy (non-hydrogen) atoms. The first-order valence-corrected chi connectivity index (χ1v) is 7.00. The Hall–Kier alpha value is -2.11. The minimum Gasteiger partial charge on any atom is -0.382 e. The zero-order valence-electron chi connectivity index (χ0n) is 11.7. The zero-order chi connectivity index (χ0) is 17.9. The molecule has 3 rings (SSSR count). The molecule has 1 unspecified atom stereocenters. The van der Waals surface area contributed by atoms with Crippen LogP contribution in [0.4, 0.5) is 22.0 Å². The molecule has 1 aliphatic carbocycles. The molecule has 1 aliphatic rings. The van der Waals surface area contributed by atoms with Crippen molar-refractivity contribution >= 4 is 11.6 Å². The summed E-state index contributed by atoms with van der Waals surface area (Å²) in [4.78, 5) is 0. The topological polar surface area (TPSA) is 49.0 Å². The third-order valence-electron chi connectivity index (χ3n) is 3.82. The molecule has 3 nitrogen and oxygen atoms in total. The van der Waals surface area contributed by atoms with Gasteiger partial charge in [0.05, 0.1) is 23.6 Å². The molecule has 0 aliphatic heterocycles. The molecule has 0 saturated carbocycles. The van der Waals surface area contributed by atoms with Gasteiger partial charge in [0.1, 0.15) is 6.10 Å². The fraction of sp³-hybridized carbons (Fsp3) is 0.267. The molecule has 0 amide bonds. The number of fused-ring (bicyclic) bond motifs is 1. The smallest absolute Gasteiger partial charge is 0.382 e. The number of aliphatic hydroxyl groups excluding tert-OH is 1. The monoisotopic (exact) mass is 362 g/mol. The molecule has 2 aromatic rings. The third kappa shape index (κ3) is 2.54. The molecule has 1 atom stereocenters. The van der Waals surface area contributed by atoms with E-state index >= 15 is 0 Å². The van der Waals surface area contributed by atoms with Crippen molar-refractivity contribution < 1.29 is 27.1 Å². The summed E-state index contributed by atoms with van der Waals surface area (Å²) in [6.45, 7) is 0. The van der Waals surface area contributed by atoms with Crippen LogP contribution in [0.5, 0.6) is 0 Å². The lowest BCUT2D eigenvalue weighted by Crippen LogP contribution is -2.23. The van der Waals surface area contributed by atoms with Crippen molar-refractivity contribution in [2.45, 2.75) is 24.6 Å². The molecule has 0 bridgehead atoms. The van der Waals surface area contributed by atoms with Crippen LogP contribution in [0.1, 0.15) is 28.5 Å². The van der Waals surface area contributed by atoms with Crippen molar-refractivity contribution in [3.05, 3.63) is 51.8 Å². The lowest BCUT2D eigenvalue weighted by Gasteiger charge is -2.16. The summed E-state index contributed by atoms with van der Waals surface area (Å²) in [5.41, 5.74) is -2.42. The number of nitriles is 1. The van der Waals surface area contributed by atoms with Crippen molar-refractivity contribution in [3.63, 3.8) is 0 Å². The summed E-state index contributed by atoms with van der Waals surface area (Å²) >= 11 is 5.83. The van der Waals surface area contributed by atoms with Crippen LogP contribution in [0, 0.1) is 11.3 Å². The summed E-state index contributed by atoms with van der Waals surface area (Å²) in [6, 6.07) is 5.57. The normalized spacial score (nSPS) is 19.2. The lowest BCUT2D eigenvalue weighted by atomic mass is 10.1. The molecule has 1 aromatic heterocycles. The molecule has 0 saturated heterocycles. The van der Waals surface area contributed by atoms with E-state index in [1.54, 1.807) is 6.07 Å². The van der Waals surface area contributed by atoms with Crippen LogP contribution in [0.3, 0.4) is 0 Å². The average Bonchev–Trinajstić information content (AvgIpc) is 2.93. The van der Waals surface area contributed by atoms with Crippen LogP contribution in [0.2, 0.25) is 5.02 Å². The minimum absolute atomic E-state index is 0.0377. The van der Waals surface area contributed by atoms with Crippen LogP contribution in [0.15, 0.2) is 24.4 Å². The fourth-order valence-electron chi connectivity index (χ4n) is 2.81. The number of benzene rings is 1. The average molecular weight is 363 g/mol. The number of nitrogens with zero attached hydrogens (tertiary/aromatic N) is 2. The Balaban J connectivity index is 2.28. The highest BCUT2D eigenvalue weighted by Crippen LogP contribution is 2.49. The lowest BCUT2D eigenvalue weighted by molar-refractivity contribution is -0.142. The van der Waals surface area contributed by atoms with Crippen LogP contribution >= 0.6 is 11.6 Å². The number of alkyl halides is 5. The van der Waals surface area contributed by atoms with Gasteiger partial charge in [0.15, 0.2) is 0 Å². The van der Waals surface area contributed by atoms with Gasteiger partial charge in [-0.1, -0.05) is 11.6 Å². The second-order valence-electron chi connectivity index (χ2n) is 5.42. The molecule has 1 aromatic carbocycles. The number of halogens is 6. The maximum absolute atomic E-state index is 13.7. The number of rotatable bonds is 1. The van der Waals surface area contributed by atoms with Gasteiger partial charge in [0.2, 0.25) is 0 Å². The Morgan fingerprint density at radius 3 is 2.54 bits per heavy atom. The first kappa shape index (κ1) is 16.7. The van der Waals surface area contributed by atoms with Crippen LogP contribution < -0.4 is 0 Å². The first-order valence-electron chi connectivity index (χ1n) is 6.63. The summed E-state index contributed by atoms with van der Waals surface area (Å²) in [6.07, 6.45) is -7.86. The summed E-state index contributed by atoms with van der Waals surface area (Å²) in [5.74, 6) is -3.70. The number of hydrogen-bond acceptors (Lipinski definition) is 2. The van der Waals surface area contributed by atoms with Crippen molar-refractivity contribution in [2.24, 2.45) is 0 Å². The van der Waals surface area contributed by atoms with Gasteiger partial charge in [-0.25, -0.2) is 8.78 Å². The van der Waals surface area contributed by atoms with Gasteiger partial charge in [-0.2, -0.15) is 18.4 Å². The van der Waals surface area contributed by atoms with E-state index in [1.807, 2.05) is 0 Å². The minimum atomic E-state index is -4.91. The molecule has 9 heteroatoms. The van der Waals surface area contributed by atoms with Crippen molar-refractivity contribution in [1.82, 2.24) is 4.57 Å². The van der Waals surface area contributed by atoms with Gasteiger partial charge in [0, 0.05) is 28.2 Å². The molecular weight excluding hydrogens is 355 g/mol. The van der Waals surface area contributed by atoms with Crippen LogP contribution in [0.25, 0.3) is 5.69 Å². The van der Waals surface area contributed by atoms with E-state index in [0.717, 1.165) is 4.57 Å². The van der Waals surface area contributed by atoms with Crippen molar-refractivity contribution in [1.29, 1.82) is 5.26 Å². The second kappa shape index (κ2) is 5.19. The van der Waals surface area contributed by atoms with Crippen LogP contribution in [-0.4, -0.2) is 15.6 Å². The van der Waals surface area contributed by atoms with Gasteiger partial charge < -0.3 is 9.67 Å². The summed E-state index contributed by atoms with van der Waals surface area (Å²) in [5, 5.41) is 18.6. The predicted molar refractivity (Wildman–Crippen MR) is 74.1 cm³/mol. The SMILES string of the molecule is N#Cc1cc(Cl)cc(-n2cc(C(F)(F)F)c3c2CC(F)(F)C3O)c1. The largest absolute Gasteiger partial charge is 0.418 e.